The van der Waals surface area contributed by atoms with Gasteiger partial charge in [0.15, 0.2) is 0 Å². The summed E-state index contributed by atoms with van der Waals surface area (Å²) in [4.78, 5) is 23.6. The van der Waals surface area contributed by atoms with Crippen LogP contribution in [0.2, 0.25) is 0 Å². The molecule has 2 aromatic heterocycles. The van der Waals surface area contributed by atoms with Gasteiger partial charge in [-0.3, -0.25) is 9.59 Å². The fourth-order valence-electron chi connectivity index (χ4n) is 2.01. The average molecular weight is 292 g/mol. The Labute approximate surface area is 120 Å². The third-order valence-corrected chi connectivity index (χ3v) is 3.93. The van der Waals surface area contributed by atoms with Crippen LogP contribution >= 0.6 is 11.3 Å². The molecule has 0 aliphatic heterocycles. The second kappa shape index (κ2) is 5.50. The highest BCUT2D eigenvalue weighted by atomic mass is 32.1. The summed E-state index contributed by atoms with van der Waals surface area (Å²) in [5.41, 5.74) is 6.46. The molecule has 0 spiro atoms. The molecule has 0 radical (unpaired) electrons. The van der Waals surface area contributed by atoms with Crippen LogP contribution in [0.15, 0.2) is 21.9 Å². The number of primary amides is 1. The average Bonchev–Trinajstić information content (AvgIpc) is 2.95. The fourth-order valence-corrected chi connectivity index (χ4v) is 2.81. The van der Waals surface area contributed by atoms with Crippen molar-refractivity contribution < 1.29 is 14.0 Å². The molecule has 2 rings (SSSR count). The van der Waals surface area contributed by atoms with Crippen molar-refractivity contribution in [3.63, 3.8) is 0 Å². The van der Waals surface area contributed by atoms with Crippen LogP contribution in [0.4, 0.5) is 0 Å². The van der Waals surface area contributed by atoms with Crippen LogP contribution in [-0.2, 0) is 0 Å². The highest BCUT2D eigenvalue weighted by molar-refractivity contribution is 7.12. The van der Waals surface area contributed by atoms with E-state index in [0.29, 0.717) is 10.4 Å². The molecule has 0 aliphatic rings. The Morgan fingerprint density at radius 2 is 2.05 bits per heavy atom. The first kappa shape index (κ1) is 14.3. The van der Waals surface area contributed by atoms with Gasteiger partial charge in [0.1, 0.15) is 11.5 Å². The maximum atomic E-state index is 12.1. The van der Waals surface area contributed by atoms with Crippen LogP contribution in [-0.4, -0.2) is 11.8 Å². The van der Waals surface area contributed by atoms with Gasteiger partial charge in [-0.05, 0) is 32.9 Å². The molecule has 0 fully saturated rings. The van der Waals surface area contributed by atoms with E-state index in [9.17, 15) is 9.59 Å². The van der Waals surface area contributed by atoms with Crippen molar-refractivity contribution in [2.45, 2.75) is 26.8 Å². The summed E-state index contributed by atoms with van der Waals surface area (Å²) >= 11 is 1.20. The Balaban J connectivity index is 2.10. The molecule has 6 heteroatoms. The predicted octanol–water partition coefficient (Wildman–Crippen LogP) is 2.55. The maximum Gasteiger partial charge on any atom is 0.261 e. The summed E-state index contributed by atoms with van der Waals surface area (Å²) in [6, 6.07) is 3.24. The molecule has 0 saturated carbocycles. The molecule has 1 unspecified atom stereocenters. The molecule has 0 aromatic carbocycles. The minimum absolute atomic E-state index is 0.168. The molecule has 0 aliphatic carbocycles. The van der Waals surface area contributed by atoms with Crippen molar-refractivity contribution in [1.82, 2.24) is 5.32 Å². The first-order valence-electron chi connectivity index (χ1n) is 6.14. The molecular weight excluding hydrogens is 276 g/mol. The van der Waals surface area contributed by atoms with Crippen LogP contribution in [0.1, 0.15) is 50.1 Å². The van der Waals surface area contributed by atoms with Gasteiger partial charge < -0.3 is 15.5 Å². The van der Waals surface area contributed by atoms with Crippen molar-refractivity contribution in [3.05, 3.63) is 45.0 Å². The zero-order valence-corrected chi connectivity index (χ0v) is 12.3. The lowest BCUT2D eigenvalue weighted by Crippen LogP contribution is -2.26. The zero-order chi connectivity index (χ0) is 14.9. The summed E-state index contributed by atoms with van der Waals surface area (Å²) in [6.07, 6.45) is 0. The van der Waals surface area contributed by atoms with Gasteiger partial charge in [-0.15, -0.1) is 11.3 Å². The van der Waals surface area contributed by atoms with E-state index in [0.717, 1.165) is 17.1 Å². The molecule has 20 heavy (non-hydrogen) atoms. The smallest absolute Gasteiger partial charge is 0.261 e. The van der Waals surface area contributed by atoms with Crippen molar-refractivity contribution in [1.29, 1.82) is 0 Å². The molecule has 106 valence electrons. The quantitative estimate of drug-likeness (QED) is 0.908. The summed E-state index contributed by atoms with van der Waals surface area (Å²) in [6.45, 7) is 5.61. The van der Waals surface area contributed by atoms with Crippen molar-refractivity contribution in [3.8, 4) is 0 Å². The van der Waals surface area contributed by atoms with Crippen LogP contribution in [0.3, 0.4) is 0 Å². The number of furan rings is 1. The third kappa shape index (κ3) is 2.91. The van der Waals surface area contributed by atoms with Crippen LogP contribution in [0.25, 0.3) is 0 Å². The summed E-state index contributed by atoms with van der Waals surface area (Å²) in [5, 5.41) is 4.46. The number of carbonyl (C=O) groups excluding carboxylic acids is 2. The van der Waals surface area contributed by atoms with Crippen LogP contribution < -0.4 is 11.1 Å². The molecule has 5 nitrogen and oxygen atoms in total. The summed E-state index contributed by atoms with van der Waals surface area (Å²) in [7, 11) is 0. The van der Waals surface area contributed by atoms with Gasteiger partial charge in [0.2, 0.25) is 5.91 Å². The van der Waals surface area contributed by atoms with Gasteiger partial charge in [-0.1, -0.05) is 0 Å². The second-order valence-electron chi connectivity index (χ2n) is 4.63. The molecule has 0 bridgehead atoms. The number of amides is 2. The van der Waals surface area contributed by atoms with Gasteiger partial charge in [0.25, 0.3) is 5.91 Å². The number of nitrogens with one attached hydrogen (secondary N) is 1. The fraction of sp³-hybridized carbons (Fsp3) is 0.286. The lowest BCUT2D eigenvalue weighted by atomic mass is 10.1. The first-order valence-corrected chi connectivity index (χ1v) is 7.02. The molecule has 2 amide bonds. The largest absolute Gasteiger partial charge is 0.466 e. The van der Waals surface area contributed by atoms with Crippen LogP contribution in [0, 0.1) is 13.8 Å². The highest BCUT2D eigenvalue weighted by Gasteiger charge is 2.17. The Hall–Kier alpha value is -2.08. The van der Waals surface area contributed by atoms with Gasteiger partial charge in [0, 0.05) is 10.9 Å². The van der Waals surface area contributed by atoms with E-state index >= 15 is 0 Å². The molecule has 2 aromatic rings. The maximum absolute atomic E-state index is 12.1. The highest BCUT2D eigenvalue weighted by Crippen LogP contribution is 2.22. The van der Waals surface area contributed by atoms with Gasteiger partial charge >= 0.3 is 0 Å². The van der Waals surface area contributed by atoms with Gasteiger partial charge in [0.05, 0.1) is 16.5 Å². The monoisotopic (exact) mass is 292 g/mol. The van der Waals surface area contributed by atoms with E-state index in [1.165, 1.54) is 17.4 Å². The number of rotatable bonds is 4. The predicted molar refractivity (Wildman–Crippen MR) is 76.9 cm³/mol. The standard InChI is InChI=1S/C14H16N2O3S/c1-7-4-11(9(3)19-7)8(2)16-14(18)12-5-10(6-20-12)13(15)17/h4-6,8H,1-3H3,(H2,15,17)(H,16,18). The Kier molecular flexibility index (Phi) is 3.94. The number of aryl methyl sites for hydroxylation is 2. The topological polar surface area (TPSA) is 85.3 Å². The molecule has 0 saturated heterocycles. The Morgan fingerprint density at radius 1 is 1.35 bits per heavy atom. The van der Waals surface area contributed by atoms with E-state index in [1.807, 2.05) is 26.8 Å². The van der Waals surface area contributed by atoms with Crippen molar-refractivity contribution in [2.75, 3.05) is 0 Å². The summed E-state index contributed by atoms with van der Waals surface area (Å²) in [5.74, 6) is 0.841. The minimum Gasteiger partial charge on any atom is -0.466 e. The van der Waals surface area contributed by atoms with E-state index in [4.69, 9.17) is 10.2 Å². The Bertz CT molecular complexity index is 657. The molecule has 2 heterocycles. The zero-order valence-electron chi connectivity index (χ0n) is 11.5. The van der Waals surface area contributed by atoms with Gasteiger partial charge in [-0.25, -0.2) is 0 Å². The van der Waals surface area contributed by atoms with Gasteiger partial charge in [-0.2, -0.15) is 0 Å². The first-order chi connectivity index (χ1) is 9.38. The Morgan fingerprint density at radius 3 is 2.55 bits per heavy atom. The lowest BCUT2D eigenvalue weighted by molar-refractivity contribution is 0.0943. The normalized spacial score (nSPS) is 12.2. The number of thiophene rings is 1. The van der Waals surface area contributed by atoms with E-state index in [2.05, 4.69) is 5.32 Å². The number of hydrogen-bond donors (Lipinski definition) is 2. The van der Waals surface area contributed by atoms with E-state index in [1.54, 1.807) is 5.38 Å². The van der Waals surface area contributed by atoms with E-state index in [-0.39, 0.29) is 11.9 Å². The van der Waals surface area contributed by atoms with E-state index < -0.39 is 5.91 Å². The molecule has 1 atom stereocenters. The SMILES string of the molecule is Cc1cc(C(C)NC(=O)c2cc(C(N)=O)cs2)c(C)o1. The lowest BCUT2D eigenvalue weighted by Gasteiger charge is -2.12. The number of hydrogen-bond acceptors (Lipinski definition) is 4. The molecule has 3 N–H and O–H groups in total. The minimum atomic E-state index is -0.533. The van der Waals surface area contributed by atoms with Crippen LogP contribution in [0.5, 0.6) is 0 Å². The second-order valence-corrected chi connectivity index (χ2v) is 5.54. The number of nitrogens with two attached hydrogens (primary N) is 1. The number of carbonyl (C=O) groups is 2. The van der Waals surface area contributed by atoms with Crippen molar-refractivity contribution in [2.24, 2.45) is 5.73 Å². The molecular formula is C14H16N2O3S. The van der Waals surface area contributed by atoms with Crippen molar-refractivity contribution >= 4 is 23.2 Å². The summed E-state index contributed by atoms with van der Waals surface area (Å²) < 4.78 is 5.45. The third-order valence-electron chi connectivity index (χ3n) is 3.00.